The number of carbonyl (C=O) groups excluding carboxylic acids is 3. The monoisotopic (exact) mass is 256 g/mol. The molecule has 1 N–H and O–H groups in total. The van der Waals surface area contributed by atoms with E-state index in [4.69, 9.17) is 11.6 Å². The first-order chi connectivity index (χ1) is 7.99. The van der Waals surface area contributed by atoms with Crippen LogP contribution in [-0.2, 0) is 9.59 Å². The number of hydrogen-bond acceptors (Lipinski definition) is 3. The number of nitrogens with zero attached hydrogens (tertiary/aromatic N) is 1. The van der Waals surface area contributed by atoms with Gasteiger partial charge in [0.25, 0.3) is 0 Å². The van der Waals surface area contributed by atoms with Crippen LogP contribution in [0.25, 0.3) is 0 Å². The summed E-state index contributed by atoms with van der Waals surface area (Å²) >= 11 is 5.55. The fourth-order valence-corrected chi connectivity index (χ4v) is 1.61. The maximum absolute atomic E-state index is 13.5. The number of urea groups is 1. The van der Waals surface area contributed by atoms with Crippen LogP contribution < -0.4 is 10.2 Å². The van der Waals surface area contributed by atoms with Gasteiger partial charge in [0.15, 0.2) is 0 Å². The molecule has 1 heterocycles. The van der Waals surface area contributed by atoms with Gasteiger partial charge in [-0.1, -0.05) is 11.6 Å². The quantitative estimate of drug-likeness (QED) is 0.774. The first-order valence-electron chi connectivity index (χ1n) is 4.61. The Bertz CT molecular complexity index is 512. The van der Waals surface area contributed by atoms with Crippen molar-refractivity contribution in [2.45, 2.75) is 6.42 Å². The number of carbonyl (C=O) groups is 3. The Morgan fingerprint density at radius 3 is 2.59 bits per heavy atom. The van der Waals surface area contributed by atoms with E-state index in [0.717, 1.165) is 6.07 Å². The second kappa shape index (κ2) is 4.14. The van der Waals surface area contributed by atoms with Crippen molar-refractivity contribution in [3.05, 3.63) is 29.0 Å². The molecule has 1 fully saturated rings. The van der Waals surface area contributed by atoms with Gasteiger partial charge in [-0.15, -0.1) is 0 Å². The molecule has 5 nitrogen and oxygen atoms in total. The zero-order valence-corrected chi connectivity index (χ0v) is 9.12. The third-order valence-corrected chi connectivity index (χ3v) is 2.40. The number of barbiturate groups is 1. The van der Waals surface area contributed by atoms with Crippen LogP contribution in [-0.4, -0.2) is 17.8 Å². The standard InChI is InChI=1S/C10H6ClFN2O3/c11-5-1-2-7(6(12)3-5)14-9(16)4-8(15)13-10(14)17/h1-3H,4H2,(H,13,15,17). The second-order valence-electron chi connectivity index (χ2n) is 3.35. The molecule has 88 valence electrons. The highest BCUT2D eigenvalue weighted by Gasteiger charge is 2.33. The van der Waals surface area contributed by atoms with Crippen LogP contribution in [0.3, 0.4) is 0 Å². The van der Waals surface area contributed by atoms with E-state index in [1.165, 1.54) is 12.1 Å². The molecule has 1 aliphatic rings. The lowest BCUT2D eigenvalue weighted by atomic mass is 10.2. The molecule has 0 spiro atoms. The average Bonchev–Trinajstić information content (AvgIpc) is 2.19. The lowest BCUT2D eigenvalue weighted by Gasteiger charge is -2.24. The van der Waals surface area contributed by atoms with Crippen molar-refractivity contribution in [3.8, 4) is 0 Å². The number of halogens is 2. The van der Waals surface area contributed by atoms with Gasteiger partial charge in [-0.2, -0.15) is 0 Å². The van der Waals surface area contributed by atoms with Gasteiger partial charge < -0.3 is 0 Å². The van der Waals surface area contributed by atoms with Gasteiger partial charge in [0, 0.05) is 5.02 Å². The Labute approximate surface area is 100 Å². The van der Waals surface area contributed by atoms with Crippen LogP contribution in [0.2, 0.25) is 5.02 Å². The molecule has 0 atom stereocenters. The molecule has 1 aromatic rings. The van der Waals surface area contributed by atoms with Crippen LogP contribution in [0.1, 0.15) is 6.42 Å². The molecule has 1 saturated heterocycles. The van der Waals surface area contributed by atoms with E-state index in [1.54, 1.807) is 0 Å². The molecule has 7 heteroatoms. The van der Waals surface area contributed by atoms with Crippen molar-refractivity contribution in [3.63, 3.8) is 0 Å². The summed E-state index contributed by atoms with van der Waals surface area (Å²) in [6, 6.07) is 2.56. The first-order valence-corrected chi connectivity index (χ1v) is 4.98. The topological polar surface area (TPSA) is 66.5 Å². The van der Waals surface area contributed by atoms with Gasteiger partial charge in [0.05, 0.1) is 5.69 Å². The molecule has 4 amide bonds. The lowest BCUT2D eigenvalue weighted by Crippen LogP contribution is -2.53. The van der Waals surface area contributed by atoms with Crippen molar-refractivity contribution in [1.29, 1.82) is 0 Å². The third kappa shape index (κ3) is 2.12. The van der Waals surface area contributed by atoms with E-state index >= 15 is 0 Å². The number of anilines is 1. The van der Waals surface area contributed by atoms with Gasteiger partial charge in [-0.05, 0) is 18.2 Å². The summed E-state index contributed by atoms with van der Waals surface area (Å²) < 4.78 is 13.5. The number of imide groups is 2. The number of nitrogens with one attached hydrogen (secondary N) is 1. The first kappa shape index (κ1) is 11.5. The lowest BCUT2D eigenvalue weighted by molar-refractivity contribution is -0.128. The maximum atomic E-state index is 13.5. The molecule has 0 aromatic heterocycles. The minimum absolute atomic E-state index is 0.146. The minimum atomic E-state index is -0.965. The number of benzene rings is 1. The predicted molar refractivity (Wildman–Crippen MR) is 57.1 cm³/mol. The SMILES string of the molecule is O=C1CC(=O)N(c2ccc(Cl)cc2F)C(=O)N1. The third-order valence-electron chi connectivity index (χ3n) is 2.16. The average molecular weight is 257 g/mol. The summed E-state index contributed by atoms with van der Waals surface area (Å²) in [4.78, 5) is 34.4. The smallest absolute Gasteiger partial charge is 0.277 e. The van der Waals surface area contributed by atoms with Crippen molar-refractivity contribution < 1.29 is 18.8 Å². The molecule has 0 bridgehead atoms. The molecular formula is C10H6ClFN2O3. The molecule has 0 unspecified atom stereocenters. The highest BCUT2D eigenvalue weighted by atomic mass is 35.5. The van der Waals surface area contributed by atoms with E-state index in [-0.39, 0.29) is 10.7 Å². The van der Waals surface area contributed by atoms with Crippen molar-refractivity contribution in [1.82, 2.24) is 5.32 Å². The van der Waals surface area contributed by atoms with E-state index in [9.17, 15) is 18.8 Å². The van der Waals surface area contributed by atoms with Crippen molar-refractivity contribution in [2.75, 3.05) is 4.90 Å². The summed E-state index contributed by atoms with van der Waals surface area (Å²) in [5.41, 5.74) is -0.232. The van der Waals surface area contributed by atoms with Gasteiger partial charge in [0.1, 0.15) is 12.2 Å². The largest absolute Gasteiger partial charge is 0.335 e. The number of amides is 4. The van der Waals surface area contributed by atoms with Gasteiger partial charge in [0.2, 0.25) is 11.8 Å². The van der Waals surface area contributed by atoms with Crippen LogP contribution >= 0.6 is 11.6 Å². The Balaban J connectivity index is 2.42. The van der Waals surface area contributed by atoms with E-state index in [2.05, 4.69) is 0 Å². The van der Waals surface area contributed by atoms with Gasteiger partial charge in [-0.25, -0.2) is 14.1 Å². The number of rotatable bonds is 1. The predicted octanol–water partition coefficient (Wildman–Crippen LogP) is 1.45. The summed E-state index contributed by atoms with van der Waals surface area (Å²) in [5.74, 6) is -2.29. The van der Waals surface area contributed by atoms with Crippen molar-refractivity contribution >= 4 is 35.1 Å². The Morgan fingerprint density at radius 1 is 1.29 bits per heavy atom. The van der Waals surface area contributed by atoms with E-state index in [0.29, 0.717) is 4.90 Å². The highest BCUT2D eigenvalue weighted by Crippen LogP contribution is 2.24. The second-order valence-corrected chi connectivity index (χ2v) is 3.79. The summed E-state index contributed by atoms with van der Waals surface area (Å²) in [6.45, 7) is 0. The minimum Gasteiger partial charge on any atom is -0.277 e. The maximum Gasteiger partial charge on any atom is 0.335 e. The normalized spacial score (nSPS) is 16.1. The molecule has 0 aliphatic carbocycles. The fourth-order valence-electron chi connectivity index (χ4n) is 1.46. The highest BCUT2D eigenvalue weighted by molar-refractivity contribution is 6.31. The molecule has 1 aromatic carbocycles. The number of hydrogen-bond donors (Lipinski definition) is 1. The van der Waals surface area contributed by atoms with Crippen LogP contribution in [0.5, 0.6) is 0 Å². The Kier molecular flexibility index (Phi) is 2.81. The summed E-state index contributed by atoms with van der Waals surface area (Å²) in [6.07, 6.45) is -0.492. The zero-order chi connectivity index (χ0) is 12.6. The summed E-state index contributed by atoms with van der Waals surface area (Å²) in [7, 11) is 0. The van der Waals surface area contributed by atoms with E-state index in [1.807, 2.05) is 5.32 Å². The van der Waals surface area contributed by atoms with Gasteiger partial charge in [-0.3, -0.25) is 14.9 Å². The summed E-state index contributed by atoms with van der Waals surface area (Å²) in [5, 5.41) is 2.07. The Morgan fingerprint density at radius 2 is 2.00 bits per heavy atom. The zero-order valence-electron chi connectivity index (χ0n) is 8.37. The van der Waals surface area contributed by atoms with Crippen LogP contribution in [0, 0.1) is 5.82 Å². The molecule has 1 aliphatic heterocycles. The molecule has 2 rings (SSSR count). The van der Waals surface area contributed by atoms with E-state index < -0.39 is 30.1 Å². The molecule has 0 saturated carbocycles. The molecular weight excluding hydrogens is 251 g/mol. The van der Waals surface area contributed by atoms with Crippen molar-refractivity contribution in [2.24, 2.45) is 0 Å². The molecule has 0 radical (unpaired) electrons. The van der Waals surface area contributed by atoms with Crippen LogP contribution in [0.15, 0.2) is 18.2 Å². The van der Waals surface area contributed by atoms with Gasteiger partial charge >= 0.3 is 6.03 Å². The van der Waals surface area contributed by atoms with Crippen LogP contribution in [0.4, 0.5) is 14.9 Å². The fraction of sp³-hybridized carbons (Fsp3) is 0.100. The Hall–Kier alpha value is -1.95. The molecule has 17 heavy (non-hydrogen) atoms.